The summed E-state index contributed by atoms with van der Waals surface area (Å²) in [5, 5.41) is 3.68. The van der Waals surface area contributed by atoms with E-state index in [0.717, 1.165) is 18.6 Å². The van der Waals surface area contributed by atoms with Gasteiger partial charge in [-0.2, -0.15) is 0 Å². The van der Waals surface area contributed by atoms with Gasteiger partial charge in [0.15, 0.2) is 0 Å². The number of hydrogen-bond acceptors (Lipinski definition) is 2. The maximum atomic E-state index is 5.60. The van der Waals surface area contributed by atoms with Crippen LogP contribution in [-0.2, 0) is 12.8 Å². The van der Waals surface area contributed by atoms with Crippen molar-refractivity contribution in [3.63, 3.8) is 0 Å². The summed E-state index contributed by atoms with van der Waals surface area (Å²) in [7, 11) is 0. The van der Waals surface area contributed by atoms with Crippen LogP contribution >= 0.6 is 0 Å². The van der Waals surface area contributed by atoms with Gasteiger partial charge in [-0.1, -0.05) is 37.3 Å². The number of aryl methyl sites for hydroxylation is 1. The van der Waals surface area contributed by atoms with Gasteiger partial charge >= 0.3 is 0 Å². The van der Waals surface area contributed by atoms with E-state index in [1.165, 1.54) is 22.4 Å². The molecule has 2 aromatic carbocycles. The molecule has 0 saturated heterocycles. The van der Waals surface area contributed by atoms with E-state index in [4.69, 9.17) is 4.74 Å². The van der Waals surface area contributed by atoms with Crippen LogP contribution < -0.4 is 10.1 Å². The molecule has 0 radical (unpaired) electrons. The zero-order valence-corrected chi connectivity index (χ0v) is 12.1. The highest BCUT2D eigenvalue weighted by molar-refractivity contribution is 5.63. The minimum Gasteiger partial charge on any atom is -0.494 e. The van der Waals surface area contributed by atoms with Crippen LogP contribution in [-0.4, -0.2) is 6.61 Å². The van der Waals surface area contributed by atoms with Crippen LogP contribution in [0.2, 0.25) is 0 Å². The molecule has 0 amide bonds. The molecule has 104 valence electrons. The molecular weight excluding hydrogens is 246 g/mol. The van der Waals surface area contributed by atoms with Gasteiger partial charge in [0.1, 0.15) is 5.75 Å². The Labute approximate surface area is 120 Å². The van der Waals surface area contributed by atoms with Gasteiger partial charge in [0, 0.05) is 5.69 Å². The first-order valence-electron chi connectivity index (χ1n) is 7.42. The second-order valence-electron chi connectivity index (χ2n) is 5.21. The Balaban J connectivity index is 1.86. The summed E-state index contributed by atoms with van der Waals surface area (Å²) in [5.41, 5.74) is 5.47. The lowest BCUT2D eigenvalue weighted by molar-refractivity contribution is 0.339. The highest BCUT2D eigenvalue weighted by atomic mass is 16.5. The highest BCUT2D eigenvalue weighted by Crippen LogP contribution is 2.37. The Kier molecular flexibility index (Phi) is 3.64. The minimum atomic E-state index is 0.359. The molecule has 0 spiro atoms. The molecule has 20 heavy (non-hydrogen) atoms. The van der Waals surface area contributed by atoms with Crippen molar-refractivity contribution in [3.05, 3.63) is 59.2 Å². The Morgan fingerprint density at radius 1 is 1.15 bits per heavy atom. The molecule has 3 rings (SSSR count). The maximum Gasteiger partial charge on any atom is 0.119 e. The molecule has 0 bridgehead atoms. The summed E-state index contributed by atoms with van der Waals surface area (Å²) in [5.74, 6) is 0.957. The van der Waals surface area contributed by atoms with E-state index in [0.29, 0.717) is 12.6 Å². The smallest absolute Gasteiger partial charge is 0.119 e. The van der Waals surface area contributed by atoms with Gasteiger partial charge in [-0.15, -0.1) is 0 Å². The van der Waals surface area contributed by atoms with E-state index in [1.807, 2.05) is 13.0 Å². The molecule has 1 atom stereocenters. The Morgan fingerprint density at radius 2 is 2.00 bits per heavy atom. The quantitative estimate of drug-likeness (QED) is 0.888. The maximum absolute atomic E-state index is 5.60. The number of fused-ring (bicyclic) bond motifs is 1. The predicted molar refractivity (Wildman–Crippen MR) is 83.5 cm³/mol. The van der Waals surface area contributed by atoms with E-state index in [2.05, 4.69) is 48.6 Å². The Bertz CT molecular complexity index is 606. The Hall–Kier alpha value is -1.96. The second kappa shape index (κ2) is 5.58. The van der Waals surface area contributed by atoms with Crippen LogP contribution in [0.1, 0.15) is 36.6 Å². The number of anilines is 1. The number of nitrogens with one attached hydrogen (secondary N) is 1. The zero-order chi connectivity index (χ0) is 13.9. The molecule has 2 heteroatoms. The first-order chi connectivity index (χ1) is 9.81. The number of hydrogen-bond donors (Lipinski definition) is 1. The molecule has 0 aliphatic carbocycles. The topological polar surface area (TPSA) is 21.3 Å². The van der Waals surface area contributed by atoms with Crippen molar-refractivity contribution in [2.45, 2.75) is 32.7 Å². The number of para-hydroxylation sites is 1. The lowest BCUT2D eigenvalue weighted by Gasteiger charge is -2.14. The van der Waals surface area contributed by atoms with Crippen molar-refractivity contribution in [1.29, 1.82) is 0 Å². The van der Waals surface area contributed by atoms with E-state index in [-0.39, 0.29) is 0 Å². The van der Waals surface area contributed by atoms with E-state index in [9.17, 15) is 0 Å². The molecule has 0 aromatic heterocycles. The SMILES string of the molecule is CCOc1cccc(C2Cc3cccc(CC)c3N2)c1. The van der Waals surface area contributed by atoms with Crippen molar-refractivity contribution < 1.29 is 4.74 Å². The molecule has 1 aliphatic rings. The van der Waals surface area contributed by atoms with Gasteiger partial charge in [-0.05, 0) is 48.6 Å². The highest BCUT2D eigenvalue weighted by Gasteiger charge is 2.23. The van der Waals surface area contributed by atoms with E-state index < -0.39 is 0 Å². The standard InChI is InChI=1S/C18H21NO/c1-3-13-7-5-9-15-12-17(19-18(13)15)14-8-6-10-16(11-14)20-4-2/h5-11,17,19H,3-4,12H2,1-2H3. The third kappa shape index (κ3) is 2.38. The molecule has 0 saturated carbocycles. The third-order valence-electron chi connectivity index (χ3n) is 3.93. The van der Waals surface area contributed by atoms with Crippen LogP contribution in [0.4, 0.5) is 5.69 Å². The van der Waals surface area contributed by atoms with Gasteiger partial charge in [-0.3, -0.25) is 0 Å². The minimum absolute atomic E-state index is 0.359. The largest absolute Gasteiger partial charge is 0.494 e. The molecule has 1 aliphatic heterocycles. The second-order valence-corrected chi connectivity index (χ2v) is 5.21. The normalized spacial score (nSPS) is 16.6. The third-order valence-corrected chi connectivity index (χ3v) is 3.93. The van der Waals surface area contributed by atoms with Gasteiger partial charge in [0.25, 0.3) is 0 Å². The molecule has 1 N–H and O–H groups in total. The number of ether oxygens (including phenoxy) is 1. The van der Waals surface area contributed by atoms with Crippen molar-refractivity contribution in [2.24, 2.45) is 0 Å². The summed E-state index contributed by atoms with van der Waals surface area (Å²) in [6.45, 7) is 4.94. The monoisotopic (exact) mass is 267 g/mol. The van der Waals surface area contributed by atoms with Crippen LogP contribution in [0.5, 0.6) is 5.75 Å². The molecule has 1 unspecified atom stereocenters. The summed E-state index contributed by atoms with van der Waals surface area (Å²) in [4.78, 5) is 0. The Morgan fingerprint density at radius 3 is 2.80 bits per heavy atom. The van der Waals surface area contributed by atoms with Crippen LogP contribution in [0.3, 0.4) is 0 Å². The molecule has 1 heterocycles. The number of rotatable bonds is 4. The fourth-order valence-corrected chi connectivity index (χ4v) is 2.94. The predicted octanol–water partition coefficient (Wildman–Crippen LogP) is 4.36. The lowest BCUT2D eigenvalue weighted by Crippen LogP contribution is -2.06. The molecular formula is C18H21NO. The first kappa shape index (κ1) is 13.0. The van der Waals surface area contributed by atoms with Crippen LogP contribution in [0.25, 0.3) is 0 Å². The zero-order valence-electron chi connectivity index (χ0n) is 12.1. The summed E-state index contributed by atoms with van der Waals surface area (Å²) < 4.78 is 5.60. The van der Waals surface area contributed by atoms with Crippen LogP contribution in [0, 0.1) is 0 Å². The summed E-state index contributed by atoms with van der Waals surface area (Å²) >= 11 is 0. The fraction of sp³-hybridized carbons (Fsp3) is 0.333. The summed E-state index contributed by atoms with van der Waals surface area (Å²) in [6, 6.07) is 15.4. The molecule has 0 fully saturated rings. The average molecular weight is 267 g/mol. The molecule has 2 aromatic rings. The fourth-order valence-electron chi connectivity index (χ4n) is 2.94. The van der Waals surface area contributed by atoms with Gasteiger partial charge < -0.3 is 10.1 Å². The average Bonchev–Trinajstić information content (AvgIpc) is 2.92. The lowest BCUT2D eigenvalue weighted by atomic mass is 10.0. The van der Waals surface area contributed by atoms with E-state index >= 15 is 0 Å². The van der Waals surface area contributed by atoms with Gasteiger partial charge in [-0.25, -0.2) is 0 Å². The van der Waals surface area contributed by atoms with Gasteiger partial charge in [0.2, 0.25) is 0 Å². The van der Waals surface area contributed by atoms with Crippen molar-refractivity contribution in [1.82, 2.24) is 0 Å². The van der Waals surface area contributed by atoms with E-state index in [1.54, 1.807) is 0 Å². The van der Waals surface area contributed by atoms with Gasteiger partial charge in [0.05, 0.1) is 12.6 Å². The number of benzene rings is 2. The molecule has 2 nitrogen and oxygen atoms in total. The van der Waals surface area contributed by atoms with Crippen molar-refractivity contribution >= 4 is 5.69 Å². The van der Waals surface area contributed by atoms with Crippen LogP contribution in [0.15, 0.2) is 42.5 Å². The first-order valence-corrected chi connectivity index (χ1v) is 7.42. The van der Waals surface area contributed by atoms with Crippen molar-refractivity contribution in [3.8, 4) is 5.75 Å². The summed E-state index contributed by atoms with van der Waals surface area (Å²) in [6.07, 6.45) is 2.13. The van der Waals surface area contributed by atoms with Crippen molar-refractivity contribution in [2.75, 3.05) is 11.9 Å².